The van der Waals surface area contributed by atoms with Crippen LogP contribution in [0.3, 0.4) is 0 Å². The van der Waals surface area contributed by atoms with Gasteiger partial charge in [-0.25, -0.2) is 0 Å². The third-order valence-corrected chi connectivity index (χ3v) is 3.91. The summed E-state index contributed by atoms with van der Waals surface area (Å²) in [5, 5.41) is 11.0. The fourth-order valence-electron chi connectivity index (χ4n) is 2.07. The molecule has 1 heterocycles. The number of hydrogen-bond donors (Lipinski definition) is 2. The summed E-state index contributed by atoms with van der Waals surface area (Å²) < 4.78 is 10.4. The molecule has 3 aromatic rings. The SMILES string of the molecule is COc1ccc(-c2noc(CNC(=S)Nc3ccccc3Cl)n2)cc1. The van der Waals surface area contributed by atoms with Crippen LogP contribution in [-0.2, 0) is 6.54 Å². The molecule has 8 heteroatoms. The lowest BCUT2D eigenvalue weighted by atomic mass is 10.2. The van der Waals surface area contributed by atoms with Gasteiger partial charge < -0.3 is 19.9 Å². The van der Waals surface area contributed by atoms with Crippen LogP contribution in [0.15, 0.2) is 53.1 Å². The lowest BCUT2D eigenvalue weighted by Crippen LogP contribution is -2.28. The van der Waals surface area contributed by atoms with Gasteiger partial charge in [0, 0.05) is 5.56 Å². The molecule has 1 aromatic heterocycles. The largest absolute Gasteiger partial charge is 0.497 e. The first-order chi connectivity index (χ1) is 12.2. The van der Waals surface area contributed by atoms with Gasteiger partial charge in [-0.2, -0.15) is 4.98 Å². The minimum Gasteiger partial charge on any atom is -0.497 e. The van der Waals surface area contributed by atoms with Crippen molar-refractivity contribution in [1.82, 2.24) is 15.5 Å². The molecule has 0 aliphatic carbocycles. The van der Waals surface area contributed by atoms with Gasteiger partial charge in [0.25, 0.3) is 0 Å². The third kappa shape index (κ3) is 4.46. The molecule has 2 aromatic carbocycles. The Morgan fingerprint density at radius 1 is 1.20 bits per heavy atom. The molecule has 3 rings (SSSR count). The number of halogens is 1. The van der Waals surface area contributed by atoms with Crippen LogP contribution in [0.25, 0.3) is 11.4 Å². The highest BCUT2D eigenvalue weighted by atomic mass is 35.5. The Labute approximate surface area is 155 Å². The Morgan fingerprint density at radius 2 is 1.96 bits per heavy atom. The third-order valence-electron chi connectivity index (χ3n) is 3.34. The summed E-state index contributed by atoms with van der Waals surface area (Å²) in [6.07, 6.45) is 0. The molecule has 128 valence electrons. The zero-order chi connectivity index (χ0) is 17.6. The van der Waals surface area contributed by atoms with Gasteiger partial charge in [0.15, 0.2) is 5.11 Å². The molecular formula is C17H15ClN4O2S. The zero-order valence-electron chi connectivity index (χ0n) is 13.3. The van der Waals surface area contributed by atoms with Crippen LogP contribution in [0.5, 0.6) is 5.75 Å². The molecule has 0 saturated heterocycles. The van der Waals surface area contributed by atoms with E-state index in [2.05, 4.69) is 20.8 Å². The average Bonchev–Trinajstić information content (AvgIpc) is 3.11. The second kappa shape index (κ2) is 7.96. The topological polar surface area (TPSA) is 72.2 Å². The standard InChI is InChI=1S/C17H15ClN4O2S/c1-23-12-8-6-11(7-9-12)16-21-15(24-22-16)10-19-17(25)20-14-5-3-2-4-13(14)18/h2-9H,10H2,1H3,(H2,19,20,25). The molecule has 0 saturated carbocycles. The number of ether oxygens (including phenoxy) is 1. The van der Waals surface area contributed by atoms with E-state index < -0.39 is 0 Å². The number of anilines is 1. The molecule has 2 N–H and O–H groups in total. The van der Waals surface area contributed by atoms with Crippen LogP contribution in [0.4, 0.5) is 5.69 Å². The Bertz CT molecular complexity index is 867. The summed E-state index contributed by atoms with van der Waals surface area (Å²) in [5.41, 5.74) is 1.57. The van der Waals surface area contributed by atoms with Gasteiger partial charge in [-0.15, -0.1) is 0 Å². The number of hydrogen-bond acceptors (Lipinski definition) is 5. The first-order valence-electron chi connectivity index (χ1n) is 7.42. The Kier molecular flexibility index (Phi) is 5.47. The second-order valence-corrected chi connectivity index (χ2v) is 5.84. The molecule has 6 nitrogen and oxygen atoms in total. The monoisotopic (exact) mass is 374 g/mol. The number of nitrogens with one attached hydrogen (secondary N) is 2. The molecule has 0 amide bonds. The van der Waals surface area contributed by atoms with Crippen LogP contribution in [-0.4, -0.2) is 22.4 Å². The molecule has 25 heavy (non-hydrogen) atoms. The normalized spacial score (nSPS) is 10.3. The van der Waals surface area contributed by atoms with E-state index in [-0.39, 0.29) is 0 Å². The molecule has 0 atom stereocenters. The van der Waals surface area contributed by atoms with E-state index in [1.807, 2.05) is 42.5 Å². The maximum absolute atomic E-state index is 6.08. The van der Waals surface area contributed by atoms with E-state index in [1.165, 1.54) is 0 Å². The van der Waals surface area contributed by atoms with Crippen LogP contribution in [0, 0.1) is 0 Å². The van der Waals surface area contributed by atoms with Crippen molar-refractivity contribution in [3.05, 3.63) is 59.4 Å². The summed E-state index contributed by atoms with van der Waals surface area (Å²) in [6, 6.07) is 14.8. The highest BCUT2D eigenvalue weighted by Gasteiger charge is 2.09. The van der Waals surface area contributed by atoms with E-state index in [0.717, 1.165) is 17.0 Å². The summed E-state index contributed by atoms with van der Waals surface area (Å²) >= 11 is 11.3. The average molecular weight is 375 g/mol. The van der Waals surface area contributed by atoms with Gasteiger partial charge in [-0.05, 0) is 48.6 Å². The minimum atomic E-state index is 0.305. The van der Waals surface area contributed by atoms with Gasteiger partial charge in [0.05, 0.1) is 24.4 Å². The fraction of sp³-hybridized carbons (Fsp3) is 0.118. The van der Waals surface area contributed by atoms with Crippen molar-refractivity contribution in [3.63, 3.8) is 0 Å². The zero-order valence-corrected chi connectivity index (χ0v) is 14.9. The van der Waals surface area contributed by atoms with Crippen molar-refractivity contribution in [3.8, 4) is 17.1 Å². The first kappa shape index (κ1) is 17.2. The molecule has 0 fully saturated rings. The predicted molar refractivity (Wildman–Crippen MR) is 101 cm³/mol. The van der Waals surface area contributed by atoms with Crippen LogP contribution < -0.4 is 15.4 Å². The van der Waals surface area contributed by atoms with Crippen molar-refractivity contribution in [2.24, 2.45) is 0 Å². The predicted octanol–water partition coefficient (Wildman–Crippen LogP) is 3.89. The smallest absolute Gasteiger partial charge is 0.246 e. The molecule has 0 unspecified atom stereocenters. The molecule has 0 radical (unpaired) electrons. The Hall–Kier alpha value is -2.64. The van der Waals surface area contributed by atoms with E-state index in [1.54, 1.807) is 13.2 Å². The van der Waals surface area contributed by atoms with Gasteiger partial charge in [-0.1, -0.05) is 28.9 Å². The van der Waals surface area contributed by atoms with Crippen molar-refractivity contribution < 1.29 is 9.26 Å². The quantitative estimate of drug-likeness (QED) is 0.656. The number of para-hydroxylation sites is 1. The van der Waals surface area contributed by atoms with Gasteiger partial charge in [0.2, 0.25) is 11.7 Å². The van der Waals surface area contributed by atoms with Gasteiger partial charge in [0.1, 0.15) is 5.75 Å². The summed E-state index contributed by atoms with van der Waals surface area (Å²) in [6.45, 7) is 0.305. The number of aromatic nitrogens is 2. The van der Waals surface area contributed by atoms with E-state index >= 15 is 0 Å². The summed E-state index contributed by atoms with van der Waals surface area (Å²) in [7, 11) is 1.62. The lowest BCUT2D eigenvalue weighted by Gasteiger charge is -2.09. The van der Waals surface area contributed by atoms with Crippen molar-refractivity contribution >= 4 is 34.6 Å². The number of benzene rings is 2. The first-order valence-corrected chi connectivity index (χ1v) is 8.21. The van der Waals surface area contributed by atoms with Crippen molar-refractivity contribution in [2.75, 3.05) is 12.4 Å². The number of thiocarbonyl (C=S) groups is 1. The van der Waals surface area contributed by atoms with Crippen molar-refractivity contribution in [1.29, 1.82) is 0 Å². The van der Waals surface area contributed by atoms with Gasteiger partial charge >= 0.3 is 0 Å². The molecule has 0 aliphatic heterocycles. The highest BCUT2D eigenvalue weighted by Crippen LogP contribution is 2.21. The number of methoxy groups -OCH3 is 1. The fourth-order valence-corrected chi connectivity index (χ4v) is 2.43. The number of rotatable bonds is 5. The van der Waals surface area contributed by atoms with E-state index in [9.17, 15) is 0 Å². The van der Waals surface area contributed by atoms with Crippen molar-refractivity contribution in [2.45, 2.75) is 6.54 Å². The Balaban J connectivity index is 1.58. The molecule has 0 aliphatic rings. The van der Waals surface area contributed by atoms with E-state index in [4.69, 9.17) is 33.1 Å². The number of nitrogens with zero attached hydrogens (tertiary/aromatic N) is 2. The molecule has 0 spiro atoms. The van der Waals surface area contributed by atoms with Gasteiger partial charge in [-0.3, -0.25) is 0 Å². The Morgan fingerprint density at radius 3 is 2.68 bits per heavy atom. The van der Waals surface area contributed by atoms with E-state index in [0.29, 0.717) is 28.4 Å². The highest BCUT2D eigenvalue weighted by molar-refractivity contribution is 7.80. The van der Waals surface area contributed by atoms with Crippen LogP contribution >= 0.6 is 23.8 Å². The maximum Gasteiger partial charge on any atom is 0.246 e. The molecule has 0 bridgehead atoms. The summed E-state index contributed by atoms with van der Waals surface area (Å²) in [5.74, 6) is 1.70. The second-order valence-electron chi connectivity index (χ2n) is 5.03. The summed E-state index contributed by atoms with van der Waals surface area (Å²) in [4.78, 5) is 4.34. The minimum absolute atomic E-state index is 0.305. The van der Waals surface area contributed by atoms with Crippen LogP contribution in [0.1, 0.15) is 5.89 Å². The van der Waals surface area contributed by atoms with Crippen LogP contribution in [0.2, 0.25) is 5.02 Å². The molecular weight excluding hydrogens is 360 g/mol. The lowest BCUT2D eigenvalue weighted by molar-refractivity contribution is 0.376. The maximum atomic E-state index is 6.08.